The van der Waals surface area contributed by atoms with Crippen LogP contribution in [-0.4, -0.2) is 38.1 Å². The van der Waals surface area contributed by atoms with E-state index >= 15 is 0 Å². The highest BCUT2D eigenvalue weighted by molar-refractivity contribution is 5.94. The Morgan fingerprint density at radius 1 is 0.867 bits per heavy atom. The summed E-state index contributed by atoms with van der Waals surface area (Å²) in [6.07, 6.45) is 6.13. The molecule has 0 saturated carbocycles. The second kappa shape index (κ2) is 13.0. The Hall–Kier alpha value is -3.28. The molecule has 6 nitrogen and oxygen atoms in total. The van der Waals surface area contributed by atoms with E-state index in [-0.39, 0.29) is 11.8 Å². The summed E-state index contributed by atoms with van der Waals surface area (Å²) in [5.41, 5.74) is 1.07. The van der Waals surface area contributed by atoms with E-state index in [9.17, 15) is 9.59 Å². The molecule has 2 rings (SSSR count). The molecule has 0 fully saturated rings. The van der Waals surface area contributed by atoms with Crippen molar-refractivity contribution in [2.75, 3.05) is 31.6 Å². The zero-order valence-electron chi connectivity index (χ0n) is 17.4. The van der Waals surface area contributed by atoms with E-state index < -0.39 is 0 Å². The summed E-state index contributed by atoms with van der Waals surface area (Å²) in [5.74, 6) is 0.553. The molecule has 0 spiro atoms. The fourth-order valence-electron chi connectivity index (χ4n) is 2.95. The normalized spacial score (nSPS) is 10.3. The second-order valence-corrected chi connectivity index (χ2v) is 6.87. The fourth-order valence-corrected chi connectivity index (χ4v) is 2.95. The number of amides is 2. The Balaban J connectivity index is 1.80. The minimum absolute atomic E-state index is 0.133. The van der Waals surface area contributed by atoms with Crippen LogP contribution in [-0.2, 0) is 9.59 Å². The van der Waals surface area contributed by atoms with Crippen LogP contribution in [0.15, 0.2) is 61.7 Å². The first kappa shape index (κ1) is 23.0. The van der Waals surface area contributed by atoms with E-state index in [0.29, 0.717) is 19.7 Å². The first-order valence-electron chi connectivity index (χ1n) is 10.3. The predicted molar refractivity (Wildman–Crippen MR) is 123 cm³/mol. The van der Waals surface area contributed by atoms with Gasteiger partial charge in [0.25, 0.3) is 0 Å². The molecule has 0 radical (unpaired) electrons. The molecule has 2 aromatic carbocycles. The lowest BCUT2D eigenvalue weighted by atomic mass is 10.1. The summed E-state index contributed by atoms with van der Waals surface area (Å²) >= 11 is 0. The number of benzene rings is 2. The van der Waals surface area contributed by atoms with Gasteiger partial charge in [-0.25, -0.2) is 0 Å². The minimum atomic E-state index is -0.146. The maximum atomic E-state index is 11.1. The highest BCUT2D eigenvalue weighted by atomic mass is 16.5. The largest absolute Gasteiger partial charge is 0.494 e. The highest BCUT2D eigenvalue weighted by Gasteiger charge is 2.03. The zero-order chi connectivity index (χ0) is 21.6. The predicted octanol–water partition coefficient (Wildman–Crippen LogP) is 3.80. The number of carbonyl (C=O) groups excluding carboxylic acids is 2. The summed E-state index contributed by atoms with van der Waals surface area (Å²) in [5, 5.41) is 11.3. The molecule has 2 aromatic rings. The number of hydrogen-bond acceptors (Lipinski definition) is 4. The second-order valence-electron chi connectivity index (χ2n) is 6.87. The SMILES string of the molecule is C=CC(=O)NCCCCNc1cccc2ccc(OCCCCNC(=O)C=C)cc12. The number of carbonyl (C=O) groups is 2. The van der Waals surface area contributed by atoms with E-state index in [2.05, 4.69) is 53.4 Å². The van der Waals surface area contributed by atoms with Crippen molar-refractivity contribution in [2.24, 2.45) is 0 Å². The molecule has 0 unspecified atom stereocenters. The van der Waals surface area contributed by atoms with E-state index in [1.165, 1.54) is 12.2 Å². The molecule has 0 aromatic heterocycles. The van der Waals surface area contributed by atoms with Crippen LogP contribution in [0.25, 0.3) is 10.8 Å². The molecule has 0 atom stereocenters. The van der Waals surface area contributed by atoms with Gasteiger partial charge >= 0.3 is 0 Å². The lowest BCUT2D eigenvalue weighted by molar-refractivity contribution is -0.117. The first-order valence-corrected chi connectivity index (χ1v) is 10.3. The van der Waals surface area contributed by atoms with Gasteiger partial charge in [-0.15, -0.1) is 0 Å². The number of unbranched alkanes of at least 4 members (excludes halogenated alkanes) is 2. The van der Waals surface area contributed by atoms with Crippen LogP contribution in [0.1, 0.15) is 25.7 Å². The maximum Gasteiger partial charge on any atom is 0.243 e. The average molecular weight is 410 g/mol. The standard InChI is InChI=1S/C24H31N3O3/c1-3-23(28)26-15-6-5-14-25-22-11-9-10-19-12-13-20(18-21(19)22)30-17-8-7-16-27-24(29)4-2/h3-4,9-13,18,25H,1-2,5-8,14-17H2,(H,26,28)(H,27,29). The van der Waals surface area contributed by atoms with Crippen molar-refractivity contribution in [3.8, 4) is 5.75 Å². The molecule has 0 saturated heterocycles. The molecule has 0 heterocycles. The minimum Gasteiger partial charge on any atom is -0.494 e. The number of nitrogens with one attached hydrogen (secondary N) is 3. The topological polar surface area (TPSA) is 79.5 Å². The van der Waals surface area contributed by atoms with Crippen LogP contribution < -0.4 is 20.7 Å². The Morgan fingerprint density at radius 2 is 1.53 bits per heavy atom. The number of anilines is 1. The number of hydrogen-bond donors (Lipinski definition) is 3. The van der Waals surface area contributed by atoms with Crippen molar-refractivity contribution in [2.45, 2.75) is 25.7 Å². The molecule has 160 valence electrons. The Morgan fingerprint density at radius 3 is 2.23 bits per heavy atom. The van der Waals surface area contributed by atoms with Crippen LogP contribution in [0.2, 0.25) is 0 Å². The maximum absolute atomic E-state index is 11.1. The third-order valence-corrected chi connectivity index (χ3v) is 4.58. The van der Waals surface area contributed by atoms with Crippen LogP contribution in [0.4, 0.5) is 5.69 Å². The lowest BCUT2D eigenvalue weighted by Crippen LogP contribution is -2.22. The van der Waals surface area contributed by atoms with E-state index in [1.807, 2.05) is 12.1 Å². The molecular weight excluding hydrogens is 378 g/mol. The van der Waals surface area contributed by atoms with Crippen LogP contribution >= 0.6 is 0 Å². The molecule has 6 heteroatoms. The quantitative estimate of drug-likeness (QED) is 0.328. The Labute approximate surface area is 178 Å². The van der Waals surface area contributed by atoms with Gasteiger partial charge in [-0.05, 0) is 61.4 Å². The first-order chi connectivity index (χ1) is 14.6. The summed E-state index contributed by atoms with van der Waals surface area (Å²) in [4.78, 5) is 22.2. The van der Waals surface area contributed by atoms with E-state index in [0.717, 1.165) is 54.4 Å². The third kappa shape index (κ3) is 7.99. The molecule has 0 aliphatic carbocycles. The number of ether oxygens (including phenoxy) is 1. The average Bonchev–Trinajstić information content (AvgIpc) is 2.77. The van der Waals surface area contributed by atoms with Crippen molar-refractivity contribution < 1.29 is 14.3 Å². The van der Waals surface area contributed by atoms with Gasteiger partial charge in [-0.2, -0.15) is 0 Å². The molecule has 30 heavy (non-hydrogen) atoms. The summed E-state index contributed by atoms with van der Waals surface area (Å²) in [6.45, 7) is 9.56. The van der Waals surface area contributed by atoms with Gasteiger partial charge in [0, 0.05) is 30.7 Å². The zero-order valence-corrected chi connectivity index (χ0v) is 17.4. The van der Waals surface area contributed by atoms with Crippen molar-refractivity contribution in [3.63, 3.8) is 0 Å². The van der Waals surface area contributed by atoms with Crippen LogP contribution in [0, 0.1) is 0 Å². The molecule has 0 aliphatic heterocycles. The van der Waals surface area contributed by atoms with Crippen LogP contribution in [0.5, 0.6) is 5.75 Å². The van der Waals surface area contributed by atoms with Gasteiger partial charge in [0.1, 0.15) is 5.75 Å². The Bertz CT molecular complexity index is 864. The van der Waals surface area contributed by atoms with Crippen molar-refractivity contribution in [1.82, 2.24) is 10.6 Å². The highest BCUT2D eigenvalue weighted by Crippen LogP contribution is 2.27. The van der Waals surface area contributed by atoms with E-state index in [4.69, 9.17) is 4.74 Å². The lowest BCUT2D eigenvalue weighted by Gasteiger charge is -2.12. The Kier molecular flexibility index (Phi) is 10.00. The smallest absolute Gasteiger partial charge is 0.243 e. The van der Waals surface area contributed by atoms with Gasteiger partial charge in [0.2, 0.25) is 11.8 Å². The fraction of sp³-hybridized carbons (Fsp3) is 0.333. The summed E-state index contributed by atoms with van der Waals surface area (Å²) in [7, 11) is 0. The molecule has 2 amide bonds. The van der Waals surface area contributed by atoms with Gasteiger partial charge in [0.05, 0.1) is 6.61 Å². The van der Waals surface area contributed by atoms with Gasteiger partial charge < -0.3 is 20.7 Å². The summed E-state index contributed by atoms with van der Waals surface area (Å²) in [6, 6.07) is 12.3. The van der Waals surface area contributed by atoms with Gasteiger partial charge in [-0.1, -0.05) is 31.4 Å². The molecule has 3 N–H and O–H groups in total. The third-order valence-electron chi connectivity index (χ3n) is 4.58. The number of rotatable bonds is 14. The van der Waals surface area contributed by atoms with Crippen molar-refractivity contribution >= 4 is 28.3 Å². The van der Waals surface area contributed by atoms with E-state index in [1.54, 1.807) is 0 Å². The van der Waals surface area contributed by atoms with Crippen molar-refractivity contribution in [3.05, 3.63) is 61.7 Å². The monoisotopic (exact) mass is 409 g/mol. The molecule has 0 bridgehead atoms. The van der Waals surface area contributed by atoms with Crippen molar-refractivity contribution in [1.29, 1.82) is 0 Å². The van der Waals surface area contributed by atoms with Gasteiger partial charge in [-0.3, -0.25) is 9.59 Å². The van der Waals surface area contributed by atoms with Gasteiger partial charge in [0.15, 0.2) is 0 Å². The summed E-state index contributed by atoms with van der Waals surface area (Å²) < 4.78 is 5.88. The number of fused-ring (bicyclic) bond motifs is 1. The van der Waals surface area contributed by atoms with Crippen LogP contribution in [0.3, 0.4) is 0 Å². The molecule has 0 aliphatic rings. The molecular formula is C24H31N3O3.